The van der Waals surface area contributed by atoms with E-state index in [1.165, 1.54) is 6.20 Å². The standard InChI is InChI=1S/C18H13Cl2N3O3/c19-11-6-4-10(9-12(11)20)5-7-14(24)15-16(25)18(26)23-17(22-15)13-3-1-2-8-21-13/h1-4,6,8-9,25H,5,7H2,(H,22,23,26). The molecule has 8 heteroatoms. The van der Waals surface area contributed by atoms with Crippen molar-refractivity contribution < 1.29 is 9.90 Å². The molecule has 26 heavy (non-hydrogen) atoms. The fraction of sp³-hybridized carbons (Fsp3) is 0.111. The first-order valence-electron chi connectivity index (χ1n) is 7.67. The summed E-state index contributed by atoms with van der Waals surface area (Å²) in [5.41, 5.74) is 0.123. The van der Waals surface area contributed by atoms with Crippen molar-refractivity contribution in [1.29, 1.82) is 0 Å². The summed E-state index contributed by atoms with van der Waals surface area (Å²) in [4.78, 5) is 35.0. The van der Waals surface area contributed by atoms with Crippen LogP contribution in [0.4, 0.5) is 0 Å². The first kappa shape index (κ1) is 18.1. The number of aromatic nitrogens is 3. The number of carbonyl (C=O) groups excluding carboxylic acids is 1. The highest BCUT2D eigenvalue weighted by Gasteiger charge is 2.19. The number of rotatable bonds is 5. The third-order valence-electron chi connectivity index (χ3n) is 3.69. The largest absolute Gasteiger partial charge is 0.501 e. The Kier molecular flexibility index (Phi) is 5.35. The molecular weight excluding hydrogens is 377 g/mol. The Morgan fingerprint density at radius 2 is 1.96 bits per heavy atom. The highest BCUT2D eigenvalue weighted by Crippen LogP contribution is 2.24. The van der Waals surface area contributed by atoms with Gasteiger partial charge in [0.1, 0.15) is 5.69 Å². The van der Waals surface area contributed by atoms with Crippen LogP contribution < -0.4 is 5.56 Å². The third-order valence-corrected chi connectivity index (χ3v) is 4.43. The number of halogens is 2. The summed E-state index contributed by atoms with van der Waals surface area (Å²) in [5, 5.41) is 10.8. The van der Waals surface area contributed by atoms with E-state index in [1.54, 1.807) is 36.4 Å². The van der Waals surface area contributed by atoms with Gasteiger partial charge in [0, 0.05) is 12.6 Å². The summed E-state index contributed by atoms with van der Waals surface area (Å²) in [7, 11) is 0. The minimum Gasteiger partial charge on any atom is -0.501 e. The van der Waals surface area contributed by atoms with Crippen molar-refractivity contribution in [2.45, 2.75) is 12.8 Å². The van der Waals surface area contributed by atoms with Crippen LogP contribution in [-0.4, -0.2) is 25.8 Å². The van der Waals surface area contributed by atoms with Gasteiger partial charge in [0.2, 0.25) is 5.75 Å². The lowest BCUT2D eigenvalue weighted by Gasteiger charge is -2.06. The van der Waals surface area contributed by atoms with Gasteiger partial charge in [-0.25, -0.2) is 4.98 Å². The molecule has 0 aliphatic rings. The Hall–Kier alpha value is -2.70. The van der Waals surface area contributed by atoms with E-state index >= 15 is 0 Å². The molecule has 0 unspecified atom stereocenters. The van der Waals surface area contributed by atoms with E-state index in [4.69, 9.17) is 23.2 Å². The van der Waals surface area contributed by atoms with Gasteiger partial charge in [-0.1, -0.05) is 35.3 Å². The predicted molar refractivity (Wildman–Crippen MR) is 98.9 cm³/mol. The maximum atomic E-state index is 12.5. The van der Waals surface area contributed by atoms with Crippen LogP contribution in [0.1, 0.15) is 22.5 Å². The molecule has 2 aromatic heterocycles. The highest BCUT2D eigenvalue weighted by atomic mass is 35.5. The van der Waals surface area contributed by atoms with E-state index in [-0.39, 0.29) is 17.9 Å². The summed E-state index contributed by atoms with van der Waals surface area (Å²) in [6.45, 7) is 0. The Bertz CT molecular complexity index is 1020. The van der Waals surface area contributed by atoms with E-state index in [0.717, 1.165) is 5.56 Å². The Balaban J connectivity index is 1.85. The summed E-state index contributed by atoms with van der Waals surface area (Å²) in [5.74, 6) is -1.05. The van der Waals surface area contributed by atoms with Crippen LogP contribution in [0.2, 0.25) is 10.0 Å². The smallest absolute Gasteiger partial charge is 0.294 e. The Morgan fingerprint density at radius 1 is 1.15 bits per heavy atom. The quantitative estimate of drug-likeness (QED) is 0.649. The number of Topliss-reactive ketones (excluding diaryl/α,β-unsaturated/α-hetero) is 1. The maximum Gasteiger partial charge on any atom is 0.294 e. The van der Waals surface area contributed by atoms with Crippen molar-refractivity contribution in [3.05, 3.63) is 74.3 Å². The molecule has 0 spiro atoms. The normalized spacial score (nSPS) is 10.7. The fourth-order valence-electron chi connectivity index (χ4n) is 2.36. The molecule has 2 N–H and O–H groups in total. The summed E-state index contributed by atoms with van der Waals surface area (Å²) < 4.78 is 0. The average Bonchev–Trinajstić information content (AvgIpc) is 2.65. The first-order valence-corrected chi connectivity index (χ1v) is 8.43. The van der Waals surface area contributed by atoms with Crippen LogP contribution in [0, 0.1) is 0 Å². The number of hydrogen-bond donors (Lipinski definition) is 2. The number of aromatic hydroxyl groups is 1. The Morgan fingerprint density at radius 3 is 2.65 bits per heavy atom. The second kappa shape index (κ2) is 7.68. The molecule has 132 valence electrons. The third kappa shape index (κ3) is 3.92. The lowest BCUT2D eigenvalue weighted by Crippen LogP contribution is -2.16. The minimum absolute atomic E-state index is 0.0453. The van der Waals surface area contributed by atoms with Gasteiger partial charge in [-0.15, -0.1) is 0 Å². The van der Waals surface area contributed by atoms with Crippen molar-refractivity contribution >= 4 is 29.0 Å². The van der Waals surface area contributed by atoms with Crippen LogP contribution in [0.25, 0.3) is 11.5 Å². The first-order chi connectivity index (χ1) is 12.5. The molecule has 0 saturated heterocycles. The molecule has 3 aromatic rings. The molecule has 0 saturated carbocycles. The number of nitrogens with zero attached hydrogens (tertiary/aromatic N) is 2. The van der Waals surface area contributed by atoms with Gasteiger partial charge in [-0.2, -0.15) is 0 Å². The predicted octanol–water partition coefficient (Wildman–Crippen LogP) is 3.66. The monoisotopic (exact) mass is 389 g/mol. The maximum absolute atomic E-state index is 12.5. The number of benzene rings is 1. The number of aromatic amines is 1. The number of ketones is 1. The van der Waals surface area contributed by atoms with Crippen LogP contribution in [0.5, 0.6) is 5.75 Å². The van der Waals surface area contributed by atoms with E-state index < -0.39 is 17.1 Å². The van der Waals surface area contributed by atoms with Crippen LogP contribution in [0.3, 0.4) is 0 Å². The molecular formula is C18H13Cl2N3O3. The van der Waals surface area contributed by atoms with Gasteiger partial charge in [0.25, 0.3) is 5.56 Å². The van der Waals surface area contributed by atoms with Crippen molar-refractivity contribution in [2.75, 3.05) is 0 Å². The lowest BCUT2D eigenvalue weighted by atomic mass is 10.1. The van der Waals surface area contributed by atoms with Crippen molar-refractivity contribution in [1.82, 2.24) is 15.0 Å². The second-order valence-corrected chi connectivity index (χ2v) is 6.31. The van der Waals surface area contributed by atoms with E-state index in [2.05, 4.69) is 15.0 Å². The van der Waals surface area contributed by atoms with E-state index in [9.17, 15) is 14.7 Å². The zero-order valence-electron chi connectivity index (χ0n) is 13.4. The van der Waals surface area contributed by atoms with Gasteiger partial charge in [0.15, 0.2) is 17.3 Å². The summed E-state index contributed by atoms with van der Waals surface area (Å²) in [6.07, 6.45) is 1.94. The van der Waals surface area contributed by atoms with Crippen LogP contribution in [-0.2, 0) is 6.42 Å². The average molecular weight is 390 g/mol. The number of nitrogens with one attached hydrogen (secondary N) is 1. The molecule has 0 fully saturated rings. The molecule has 0 bridgehead atoms. The molecule has 2 heterocycles. The van der Waals surface area contributed by atoms with E-state index in [0.29, 0.717) is 22.2 Å². The molecule has 1 aromatic carbocycles. The molecule has 0 amide bonds. The number of H-pyrrole nitrogens is 1. The fourth-order valence-corrected chi connectivity index (χ4v) is 2.68. The molecule has 0 radical (unpaired) electrons. The minimum atomic E-state index is -0.793. The van der Waals surface area contributed by atoms with Crippen molar-refractivity contribution in [3.63, 3.8) is 0 Å². The number of hydrogen-bond acceptors (Lipinski definition) is 5. The number of carbonyl (C=O) groups is 1. The summed E-state index contributed by atoms with van der Waals surface area (Å²) >= 11 is 11.8. The van der Waals surface area contributed by atoms with Gasteiger partial charge in [0.05, 0.1) is 10.0 Å². The van der Waals surface area contributed by atoms with E-state index in [1.807, 2.05) is 0 Å². The number of pyridine rings is 1. The topological polar surface area (TPSA) is 95.9 Å². The summed E-state index contributed by atoms with van der Waals surface area (Å²) in [6, 6.07) is 10.1. The molecule has 3 rings (SSSR count). The molecule has 6 nitrogen and oxygen atoms in total. The van der Waals surface area contributed by atoms with Crippen LogP contribution >= 0.6 is 23.2 Å². The number of aryl methyl sites for hydroxylation is 1. The van der Waals surface area contributed by atoms with Gasteiger partial charge >= 0.3 is 0 Å². The molecule has 0 aliphatic carbocycles. The second-order valence-electron chi connectivity index (χ2n) is 5.50. The lowest BCUT2D eigenvalue weighted by molar-refractivity contribution is 0.0974. The SMILES string of the molecule is O=C(CCc1ccc(Cl)c(Cl)c1)c1nc(-c2ccccn2)[nH]c(=O)c1O. The molecule has 0 aliphatic heterocycles. The highest BCUT2D eigenvalue weighted by molar-refractivity contribution is 6.42. The zero-order valence-corrected chi connectivity index (χ0v) is 14.9. The van der Waals surface area contributed by atoms with Crippen molar-refractivity contribution in [2.24, 2.45) is 0 Å². The van der Waals surface area contributed by atoms with Crippen LogP contribution in [0.15, 0.2) is 47.4 Å². The molecule has 0 atom stereocenters. The van der Waals surface area contributed by atoms with Gasteiger partial charge in [-0.3, -0.25) is 14.6 Å². The zero-order chi connectivity index (χ0) is 18.7. The van der Waals surface area contributed by atoms with Crippen molar-refractivity contribution in [3.8, 4) is 17.3 Å². The Labute approximate surface area is 158 Å². The van der Waals surface area contributed by atoms with Gasteiger partial charge < -0.3 is 10.1 Å². The van der Waals surface area contributed by atoms with Gasteiger partial charge in [-0.05, 0) is 36.2 Å².